The Labute approximate surface area is 62.8 Å². The topological polar surface area (TPSA) is 101 Å². The fourth-order valence-corrected chi connectivity index (χ4v) is 0.298. The highest BCUT2D eigenvalue weighted by molar-refractivity contribution is 5.77. The second kappa shape index (κ2) is 4.30. The molecule has 4 N–H and O–H groups in total. The van der Waals surface area contributed by atoms with E-state index < -0.39 is 18.0 Å². The van der Waals surface area contributed by atoms with Crippen LogP contribution >= 0.6 is 0 Å². The van der Waals surface area contributed by atoms with Crippen LogP contribution in [0.5, 0.6) is 0 Å². The SMILES string of the molecule is N[C@@H](C#CCC(=O)O)C(=O)O. The minimum absolute atomic E-state index is 0.388. The van der Waals surface area contributed by atoms with Crippen LogP contribution in [0.15, 0.2) is 0 Å². The van der Waals surface area contributed by atoms with E-state index in [9.17, 15) is 9.59 Å². The van der Waals surface area contributed by atoms with Crippen LogP contribution in [0.25, 0.3) is 0 Å². The summed E-state index contributed by atoms with van der Waals surface area (Å²) >= 11 is 0. The van der Waals surface area contributed by atoms with Gasteiger partial charge in [-0.2, -0.15) is 0 Å². The van der Waals surface area contributed by atoms with Crippen LogP contribution in [-0.4, -0.2) is 28.2 Å². The number of hydrogen-bond donors (Lipinski definition) is 3. The first-order chi connectivity index (χ1) is 5.04. The summed E-state index contributed by atoms with van der Waals surface area (Å²) in [5, 5.41) is 16.2. The van der Waals surface area contributed by atoms with Gasteiger partial charge >= 0.3 is 11.9 Å². The Morgan fingerprint density at radius 1 is 1.45 bits per heavy atom. The molecule has 5 nitrogen and oxygen atoms in total. The Morgan fingerprint density at radius 2 is 2.00 bits per heavy atom. The molecule has 0 aliphatic heterocycles. The second-order valence-electron chi connectivity index (χ2n) is 1.71. The van der Waals surface area contributed by atoms with Crippen molar-refractivity contribution in [3.05, 3.63) is 0 Å². The number of hydrogen-bond acceptors (Lipinski definition) is 3. The smallest absolute Gasteiger partial charge is 0.333 e. The van der Waals surface area contributed by atoms with Gasteiger partial charge in [0.15, 0.2) is 6.04 Å². The first kappa shape index (κ1) is 9.46. The monoisotopic (exact) mass is 157 g/mol. The molecular weight excluding hydrogens is 150 g/mol. The summed E-state index contributed by atoms with van der Waals surface area (Å²) in [6.45, 7) is 0. The van der Waals surface area contributed by atoms with Gasteiger partial charge in [0.05, 0.1) is 0 Å². The summed E-state index contributed by atoms with van der Waals surface area (Å²) in [7, 11) is 0. The summed E-state index contributed by atoms with van der Waals surface area (Å²) in [4.78, 5) is 19.9. The second-order valence-corrected chi connectivity index (χ2v) is 1.71. The molecule has 0 saturated heterocycles. The average molecular weight is 157 g/mol. The average Bonchev–Trinajstić information content (AvgIpc) is 1.86. The summed E-state index contributed by atoms with van der Waals surface area (Å²) in [6.07, 6.45) is -0.388. The van der Waals surface area contributed by atoms with E-state index >= 15 is 0 Å². The van der Waals surface area contributed by atoms with E-state index in [1.54, 1.807) is 0 Å². The third kappa shape index (κ3) is 4.93. The summed E-state index contributed by atoms with van der Waals surface area (Å²) in [6, 6.07) is -1.30. The van der Waals surface area contributed by atoms with Gasteiger partial charge in [-0.1, -0.05) is 11.8 Å². The number of carboxylic acids is 2. The summed E-state index contributed by atoms with van der Waals surface area (Å²) in [5.41, 5.74) is 4.94. The fourth-order valence-electron chi connectivity index (χ4n) is 0.298. The Morgan fingerprint density at radius 3 is 2.36 bits per heavy atom. The molecule has 11 heavy (non-hydrogen) atoms. The molecule has 0 aromatic carbocycles. The Balaban J connectivity index is 3.87. The van der Waals surface area contributed by atoms with E-state index in [-0.39, 0.29) is 6.42 Å². The quantitative estimate of drug-likeness (QED) is 0.440. The molecule has 0 bridgehead atoms. The zero-order chi connectivity index (χ0) is 8.85. The number of carboxylic acid groups (broad SMARTS) is 2. The molecule has 0 heterocycles. The Bertz CT molecular complexity index is 224. The van der Waals surface area contributed by atoms with Crippen LogP contribution < -0.4 is 5.73 Å². The van der Waals surface area contributed by atoms with Crippen LogP contribution in [0.4, 0.5) is 0 Å². The fraction of sp³-hybridized carbons (Fsp3) is 0.333. The highest BCUT2D eigenvalue weighted by Gasteiger charge is 2.05. The number of carbonyl (C=O) groups is 2. The maximum atomic E-state index is 10.0. The predicted molar refractivity (Wildman–Crippen MR) is 35.6 cm³/mol. The Hall–Kier alpha value is -1.54. The van der Waals surface area contributed by atoms with Gasteiger partial charge < -0.3 is 15.9 Å². The van der Waals surface area contributed by atoms with Crippen molar-refractivity contribution in [2.45, 2.75) is 12.5 Å². The number of nitrogens with two attached hydrogens (primary N) is 1. The van der Waals surface area contributed by atoms with Gasteiger partial charge in [-0.15, -0.1) is 0 Å². The third-order valence-electron chi connectivity index (χ3n) is 0.763. The molecule has 0 saturated carbocycles. The van der Waals surface area contributed by atoms with Crippen molar-refractivity contribution >= 4 is 11.9 Å². The van der Waals surface area contributed by atoms with Crippen LogP contribution in [-0.2, 0) is 9.59 Å². The van der Waals surface area contributed by atoms with E-state index in [1.165, 1.54) is 0 Å². The maximum Gasteiger partial charge on any atom is 0.333 e. The molecule has 0 unspecified atom stereocenters. The minimum Gasteiger partial charge on any atom is -0.481 e. The molecule has 1 atom stereocenters. The van der Waals surface area contributed by atoms with E-state index in [0.29, 0.717) is 0 Å². The summed E-state index contributed by atoms with van der Waals surface area (Å²) in [5.74, 6) is 1.81. The molecule has 0 rings (SSSR count). The first-order valence-corrected chi connectivity index (χ1v) is 2.72. The van der Waals surface area contributed by atoms with Crippen LogP contribution in [0.1, 0.15) is 6.42 Å². The van der Waals surface area contributed by atoms with E-state index in [1.807, 2.05) is 0 Å². The van der Waals surface area contributed by atoms with Gasteiger partial charge in [-0.25, -0.2) is 4.79 Å². The Kier molecular flexibility index (Phi) is 3.70. The predicted octanol–water partition coefficient (Wildman–Crippen LogP) is -1.12. The van der Waals surface area contributed by atoms with Crippen molar-refractivity contribution in [1.29, 1.82) is 0 Å². The zero-order valence-electron chi connectivity index (χ0n) is 5.57. The highest BCUT2D eigenvalue weighted by Crippen LogP contribution is 1.77. The van der Waals surface area contributed by atoms with Crippen molar-refractivity contribution in [1.82, 2.24) is 0 Å². The maximum absolute atomic E-state index is 10.0. The molecule has 5 heteroatoms. The molecule has 0 amide bonds. The van der Waals surface area contributed by atoms with Crippen molar-refractivity contribution in [3.8, 4) is 11.8 Å². The van der Waals surface area contributed by atoms with Crippen molar-refractivity contribution in [2.24, 2.45) is 5.73 Å². The molecule has 0 aliphatic rings. The van der Waals surface area contributed by atoms with Crippen molar-refractivity contribution in [3.63, 3.8) is 0 Å². The van der Waals surface area contributed by atoms with Crippen LogP contribution in [0.3, 0.4) is 0 Å². The van der Waals surface area contributed by atoms with Gasteiger partial charge in [0.25, 0.3) is 0 Å². The normalized spacial score (nSPS) is 11.0. The van der Waals surface area contributed by atoms with E-state index in [0.717, 1.165) is 0 Å². The third-order valence-corrected chi connectivity index (χ3v) is 0.763. The first-order valence-electron chi connectivity index (χ1n) is 2.72. The lowest BCUT2D eigenvalue weighted by atomic mass is 10.3. The zero-order valence-corrected chi connectivity index (χ0v) is 5.57. The van der Waals surface area contributed by atoms with Gasteiger partial charge in [0.1, 0.15) is 6.42 Å². The molecule has 0 spiro atoms. The van der Waals surface area contributed by atoms with Gasteiger partial charge in [0.2, 0.25) is 0 Å². The van der Waals surface area contributed by atoms with E-state index in [4.69, 9.17) is 15.9 Å². The molecule has 60 valence electrons. The lowest BCUT2D eigenvalue weighted by molar-refractivity contribution is -0.137. The molecule has 0 aromatic heterocycles. The van der Waals surface area contributed by atoms with E-state index in [2.05, 4.69) is 11.8 Å². The lowest BCUT2D eigenvalue weighted by Gasteiger charge is -1.92. The molecular formula is C6H7NO4. The van der Waals surface area contributed by atoms with Gasteiger partial charge in [-0.3, -0.25) is 4.79 Å². The van der Waals surface area contributed by atoms with Crippen molar-refractivity contribution < 1.29 is 19.8 Å². The standard InChI is InChI=1S/C6H7NO4/c7-4(6(10)11)2-1-3-5(8)9/h4H,3,7H2,(H,8,9)(H,10,11)/t4-/m0/s1. The van der Waals surface area contributed by atoms with Gasteiger partial charge in [0, 0.05) is 0 Å². The highest BCUT2D eigenvalue weighted by atomic mass is 16.4. The molecule has 0 fully saturated rings. The molecule has 0 aromatic rings. The molecule has 0 radical (unpaired) electrons. The largest absolute Gasteiger partial charge is 0.481 e. The van der Waals surface area contributed by atoms with Crippen LogP contribution in [0.2, 0.25) is 0 Å². The van der Waals surface area contributed by atoms with Gasteiger partial charge in [-0.05, 0) is 0 Å². The minimum atomic E-state index is -1.30. The number of rotatable bonds is 2. The lowest BCUT2D eigenvalue weighted by Crippen LogP contribution is -2.28. The van der Waals surface area contributed by atoms with Crippen molar-refractivity contribution in [2.75, 3.05) is 0 Å². The molecule has 0 aliphatic carbocycles. The summed E-state index contributed by atoms with van der Waals surface area (Å²) < 4.78 is 0. The van der Waals surface area contributed by atoms with Crippen LogP contribution in [0, 0.1) is 11.8 Å². The number of aliphatic carboxylic acids is 2.